The Morgan fingerprint density at radius 1 is 1.69 bits per heavy atom. The lowest BCUT2D eigenvalue weighted by Crippen LogP contribution is -2.38. The molecule has 0 atom stereocenters. The molecule has 5 nitrogen and oxygen atoms in total. The fourth-order valence-corrected chi connectivity index (χ4v) is 2.43. The first kappa shape index (κ1) is 9.80. The van der Waals surface area contributed by atoms with Crippen molar-refractivity contribution in [2.75, 3.05) is 0 Å². The minimum Gasteiger partial charge on any atom is -0.480 e. The zero-order valence-corrected chi connectivity index (χ0v) is 9.33. The van der Waals surface area contributed by atoms with E-state index in [4.69, 9.17) is 5.11 Å². The minimum atomic E-state index is -0.756. The van der Waals surface area contributed by atoms with Gasteiger partial charge in [0.15, 0.2) is 4.96 Å². The number of nitrogens with one attached hydrogen (secondary N) is 1. The number of carboxylic acid groups (broad SMARTS) is 1. The number of carbonyl (C=O) groups is 1. The van der Waals surface area contributed by atoms with Gasteiger partial charge in [-0.2, -0.15) is 0 Å². The quantitative estimate of drug-likeness (QED) is 0.835. The molecule has 0 aliphatic heterocycles. The van der Waals surface area contributed by atoms with Gasteiger partial charge in [-0.05, 0) is 12.8 Å². The molecule has 6 heteroatoms. The lowest BCUT2D eigenvalue weighted by atomic mass is 10.2. The molecule has 1 saturated carbocycles. The second-order valence-electron chi connectivity index (χ2n) is 4.07. The van der Waals surface area contributed by atoms with E-state index in [1.807, 2.05) is 22.2 Å². The first-order valence-corrected chi connectivity index (χ1v) is 5.97. The number of hydrogen-bond donors (Lipinski definition) is 2. The van der Waals surface area contributed by atoms with E-state index in [9.17, 15) is 4.79 Å². The Bertz CT molecular complexity index is 512. The molecule has 1 fully saturated rings. The van der Waals surface area contributed by atoms with Crippen molar-refractivity contribution >= 4 is 22.3 Å². The Morgan fingerprint density at radius 2 is 2.50 bits per heavy atom. The molecule has 0 spiro atoms. The largest absolute Gasteiger partial charge is 0.480 e. The summed E-state index contributed by atoms with van der Waals surface area (Å²) in [4.78, 5) is 16.3. The number of aromatic nitrogens is 2. The van der Waals surface area contributed by atoms with Crippen molar-refractivity contribution in [3.8, 4) is 0 Å². The van der Waals surface area contributed by atoms with E-state index >= 15 is 0 Å². The van der Waals surface area contributed by atoms with Crippen LogP contribution in [0.1, 0.15) is 18.5 Å². The van der Waals surface area contributed by atoms with Crippen molar-refractivity contribution in [3.63, 3.8) is 0 Å². The van der Waals surface area contributed by atoms with Gasteiger partial charge in [-0.25, -0.2) is 4.98 Å². The van der Waals surface area contributed by atoms with Gasteiger partial charge >= 0.3 is 5.97 Å². The molecule has 84 valence electrons. The van der Waals surface area contributed by atoms with Crippen LogP contribution in [0.15, 0.2) is 17.8 Å². The van der Waals surface area contributed by atoms with Gasteiger partial charge in [0.05, 0.1) is 5.69 Å². The number of nitrogens with zero attached hydrogens (tertiary/aromatic N) is 2. The van der Waals surface area contributed by atoms with Gasteiger partial charge in [0.1, 0.15) is 5.54 Å². The lowest BCUT2D eigenvalue weighted by molar-refractivity contribution is -0.140. The monoisotopic (exact) mass is 237 g/mol. The summed E-state index contributed by atoms with van der Waals surface area (Å²) in [6.45, 7) is 0.515. The highest BCUT2D eigenvalue weighted by Gasteiger charge is 2.49. The SMILES string of the molecule is O=C(O)C1(NCc2cn3ccsc3n2)CC1. The van der Waals surface area contributed by atoms with Crippen LogP contribution in [0.4, 0.5) is 0 Å². The fraction of sp³-hybridized carbons (Fsp3) is 0.400. The van der Waals surface area contributed by atoms with Crippen molar-refractivity contribution in [2.24, 2.45) is 0 Å². The summed E-state index contributed by atoms with van der Waals surface area (Å²) in [7, 11) is 0. The molecule has 0 saturated heterocycles. The molecule has 1 aliphatic rings. The lowest BCUT2D eigenvalue weighted by Gasteiger charge is -2.10. The topological polar surface area (TPSA) is 66.6 Å². The van der Waals surface area contributed by atoms with Crippen molar-refractivity contribution in [3.05, 3.63) is 23.5 Å². The van der Waals surface area contributed by atoms with E-state index in [-0.39, 0.29) is 0 Å². The van der Waals surface area contributed by atoms with E-state index in [2.05, 4.69) is 10.3 Å². The van der Waals surface area contributed by atoms with Gasteiger partial charge in [0.25, 0.3) is 0 Å². The van der Waals surface area contributed by atoms with Gasteiger partial charge in [-0.1, -0.05) is 0 Å². The van der Waals surface area contributed by atoms with E-state index in [1.54, 1.807) is 11.3 Å². The summed E-state index contributed by atoms with van der Waals surface area (Å²) in [6.07, 6.45) is 5.30. The standard InChI is InChI=1S/C10H11N3O2S/c14-8(15)10(1-2-10)11-5-7-6-13-3-4-16-9(13)12-7/h3-4,6,11H,1-2,5H2,(H,14,15). The van der Waals surface area contributed by atoms with Crippen molar-refractivity contribution < 1.29 is 9.90 Å². The number of aliphatic carboxylic acids is 1. The van der Waals surface area contributed by atoms with Crippen LogP contribution in [0, 0.1) is 0 Å². The highest BCUT2D eigenvalue weighted by Crippen LogP contribution is 2.35. The molecule has 2 aromatic heterocycles. The summed E-state index contributed by atoms with van der Waals surface area (Å²) in [5.41, 5.74) is 0.205. The summed E-state index contributed by atoms with van der Waals surface area (Å²) < 4.78 is 1.95. The molecule has 2 heterocycles. The van der Waals surface area contributed by atoms with E-state index in [0.717, 1.165) is 10.7 Å². The molecule has 0 amide bonds. The van der Waals surface area contributed by atoms with Crippen LogP contribution < -0.4 is 5.32 Å². The number of carboxylic acids is 1. The third-order valence-electron chi connectivity index (χ3n) is 2.91. The molecule has 16 heavy (non-hydrogen) atoms. The number of imidazole rings is 1. The molecule has 0 radical (unpaired) electrons. The fourth-order valence-electron chi connectivity index (χ4n) is 1.71. The van der Waals surface area contributed by atoms with E-state index < -0.39 is 11.5 Å². The average molecular weight is 237 g/mol. The Kier molecular flexibility index (Phi) is 2.02. The van der Waals surface area contributed by atoms with Crippen molar-refractivity contribution in [1.82, 2.24) is 14.7 Å². The molecule has 0 aromatic carbocycles. The zero-order valence-electron chi connectivity index (χ0n) is 8.51. The van der Waals surface area contributed by atoms with Crippen molar-refractivity contribution in [2.45, 2.75) is 24.9 Å². The molecule has 0 unspecified atom stereocenters. The second kappa shape index (κ2) is 3.29. The van der Waals surface area contributed by atoms with Crippen LogP contribution in [-0.4, -0.2) is 26.0 Å². The van der Waals surface area contributed by atoms with Crippen molar-refractivity contribution in [1.29, 1.82) is 0 Å². The summed E-state index contributed by atoms with van der Waals surface area (Å²) in [5, 5.41) is 14.0. The van der Waals surface area contributed by atoms with Crippen LogP contribution >= 0.6 is 11.3 Å². The Morgan fingerprint density at radius 3 is 3.12 bits per heavy atom. The average Bonchev–Trinajstić information content (AvgIpc) is 2.75. The maximum Gasteiger partial charge on any atom is 0.323 e. The van der Waals surface area contributed by atoms with Gasteiger partial charge < -0.3 is 5.11 Å². The van der Waals surface area contributed by atoms with Gasteiger partial charge in [0.2, 0.25) is 0 Å². The summed E-state index contributed by atoms with van der Waals surface area (Å²) >= 11 is 1.57. The maximum absolute atomic E-state index is 10.9. The second-order valence-corrected chi connectivity index (χ2v) is 4.94. The maximum atomic E-state index is 10.9. The molecule has 1 aliphatic carbocycles. The predicted molar refractivity (Wildman–Crippen MR) is 59.5 cm³/mol. The van der Waals surface area contributed by atoms with Crippen LogP contribution in [0.2, 0.25) is 0 Å². The third-order valence-corrected chi connectivity index (χ3v) is 3.68. The molecular weight excluding hydrogens is 226 g/mol. The van der Waals surface area contributed by atoms with E-state index in [1.165, 1.54) is 0 Å². The van der Waals surface area contributed by atoms with Gasteiger partial charge in [-0.15, -0.1) is 11.3 Å². The molecular formula is C10H11N3O2S. The Labute approximate surface area is 95.7 Å². The number of hydrogen-bond acceptors (Lipinski definition) is 4. The smallest absolute Gasteiger partial charge is 0.323 e. The van der Waals surface area contributed by atoms with Crippen LogP contribution in [0.3, 0.4) is 0 Å². The predicted octanol–water partition coefficient (Wildman–Crippen LogP) is 1.10. The number of rotatable bonds is 4. The highest BCUT2D eigenvalue weighted by molar-refractivity contribution is 7.15. The third kappa shape index (κ3) is 1.50. The van der Waals surface area contributed by atoms with E-state index in [0.29, 0.717) is 19.4 Å². The minimum absolute atomic E-state index is 0.515. The van der Waals surface area contributed by atoms with Crippen LogP contribution in [-0.2, 0) is 11.3 Å². The van der Waals surface area contributed by atoms with Crippen LogP contribution in [0.5, 0.6) is 0 Å². The molecule has 2 aromatic rings. The molecule has 2 N–H and O–H groups in total. The summed E-state index contributed by atoms with van der Waals surface area (Å²) in [6, 6.07) is 0. The first-order valence-electron chi connectivity index (χ1n) is 5.09. The number of thiazole rings is 1. The number of fused-ring (bicyclic) bond motifs is 1. The first-order chi connectivity index (χ1) is 7.70. The Hall–Kier alpha value is -1.40. The Balaban J connectivity index is 1.71. The summed E-state index contributed by atoms with van der Waals surface area (Å²) in [5.74, 6) is -0.756. The van der Waals surface area contributed by atoms with Crippen LogP contribution in [0.25, 0.3) is 4.96 Å². The highest BCUT2D eigenvalue weighted by atomic mass is 32.1. The molecule has 0 bridgehead atoms. The zero-order chi connectivity index (χ0) is 11.2. The molecule has 3 rings (SSSR count). The normalized spacial score (nSPS) is 17.8. The van der Waals surface area contributed by atoms with Gasteiger partial charge in [0, 0.05) is 24.3 Å². The van der Waals surface area contributed by atoms with Gasteiger partial charge in [-0.3, -0.25) is 14.5 Å².